The molecule has 0 heterocycles. The number of ether oxygens (including phenoxy) is 3. The maximum absolute atomic E-state index is 10.4. The molecule has 0 aliphatic heterocycles. The highest BCUT2D eigenvalue weighted by atomic mass is 32.2. The first-order valence-electron chi connectivity index (χ1n) is 44.5. The summed E-state index contributed by atoms with van der Waals surface area (Å²) in [6.07, 6.45) is 32.2. The van der Waals surface area contributed by atoms with Crippen LogP contribution in [0.5, 0.6) is 23.0 Å². The number of phenols is 1. The Morgan fingerprint density at radius 1 is 0.222 bits per heavy atom. The number of aryl methyl sites for hydroxylation is 6. The molecule has 700 valence electrons. The summed E-state index contributed by atoms with van der Waals surface area (Å²) in [7, 11) is 5.08. The van der Waals surface area contributed by atoms with Crippen molar-refractivity contribution in [3.8, 4) is 23.0 Å². The minimum atomic E-state index is -0.712. The maximum Gasteiger partial charge on any atom is 0.303 e. The third kappa shape index (κ3) is 66.8. The molecule has 25 heteroatoms. The second-order valence-corrected chi connectivity index (χ2v) is 38.4. The Morgan fingerprint density at radius 2 is 0.405 bits per heavy atom. The Morgan fingerprint density at radius 3 is 0.643 bits per heavy atom. The molecule has 0 aliphatic carbocycles. The first-order valence-corrected chi connectivity index (χ1v) is 51.4. The summed E-state index contributed by atoms with van der Waals surface area (Å²) in [5, 5.41) is 69.1. The average molecular weight is 1870 g/mol. The van der Waals surface area contributed by atoms with Crippen LogP contribution in [0.2, 0.25) is 0 Å². The van der Waals surface area contributed by atoms with E-state index in [1.165, 1.54) is 103 Å². The van der Waals surface area contributed by atoms with Gasteiger partial charge in [0.1, 0.15) is 23.0 Å². The number of carbonyl (C=O) groups is 7. The Labute approximate surface area is 783 Å². The number of aromatic hydroxyl groups is 1. The number of hydrogen-bond donors (Lipinski definition) is 8. The largest absolute Gasteiger partial charge is 0.507 e. The van der Waals surface area contributed by atoms with Gasteiger partial charge in [0.25, 0.3) is 0 Å². The number of unbranched alkanes of at least 4 members (excludes halogenated alkanes) is 22. The number of methoxy groups -OCH3 is 3. The van der Waals surface area contributed by atoms with E-state index in [0.29, 0.717) is 31.4 Å². The van der Waals surface area contributed by atoms with Crippen LogP contribution in [-0.2, 0) is 33.6 Å². The van der Waals surface area contributed by atoms with Gasteiger partial charge >= 0.3 is 41.8 Å². The molecule has 0 saturated heterocycles. The second kappa shape index (κ2) is 78.5. The number of hydrogen-bond acceptors (Lipinski definition) is 18. The van der Waals surface area contributed by atoms with Gasteiger partial charge in [0.2, 0.25) is 0 Å². The molecule has 7 aromatic rings. The minimum Gasteiger partial charge on any atom is -0.507 e. The van der Waals surface area contributed by atoms with E-state index in [0.717, 1.165) is 209 Å². The van der Waals surface area contributed by atoms with Crippen molar-refractivity contribution in [2.75, 3.05) is 61.6 Å². The summed E-state index contributed by atoms with van der Waals surface area (Å²) < 4.78 is 15.9. The highest BCUT2D eigenvalue weighted by Crippen LogP contribution is 2.34. The van der Waals surface area contributed by atoms with E-state index < -0.39 is 41.8 Å². The van der Waals surface area contributed by atoms with Gasteiger partial charge in [0.05, 0.1) is 21.3 Å². The molecular formula is C101H146O18S7. The van der Waals surface area contributed by atoms with E-state index >= 15 is 0 Å². The second-order valence-electron chi connectivity index (χ2n) is 30.4. The number of carboxylic acid groups (broad SMARTS) is 7. The fraction of sp³-hybridized carbons (Fsp3) is 0.515. The fourth-order valence-electron chi connectivity index (χ4n) is 12.0. The summed E-state index contributed by atoms with van der Waals surface area (Å²) in [6.45, 7) is 12.7. The van der Waals surface area contributed by atoms with Gasteiger partial charge in [-0.1, -0.05) is 204 Å². The van der Waals surface area contributed by atoms with Crippen LogP contribution in [0, 0.1) is 41.5 Å². The first-order chi connectivity index (χ1) is 60.7. The van der Waals surface area contributed by atoms with Crippen LogP contribution in [0.15, 0.2) is 186 Å². The van der Waals surface area contributed by atoms with Crippen molar-refractivity contribution in [3.63, 3.8) is 0 Å². The zero-order valence-corrected chi connectivity index (χ0v) is 82.1. The summed E-state index contributed by atoms with van der Waals surface area (Å²) >= 11 is 12.7. The fourth-order valence-corrected chi connectivity index (χ4v) is 19.4. The predicted molar refractivity (Wildman–Crippen MR) is 530 cm³/mol. The lowest BCUT2D eigenvalue weighted by Gasteiger charge is -2.07. The molecule has 0 unspecified atom stereocenters. The molecule has 0 radical (unpaired) electrons. The SMILES string of the molecule is COc1ccccc1SCCCCCC(=O)O.COc1ccccc1SCCCCCCCC(=O)O.COc1ccccc1SCCCCCCCCCC(=O)O.Cc1ccc(C)c(SCCCC(=O)O)c1.Cc1ccc(C)c(SCCCCCC(=O)O)c1.Cc1ccc(C)c(SCCCCCCCC(=O)O)c1.O=C(O)CCCCCCCSc1ccccc1O. The summed E-state index contributed by atoms with van der Waals surface area (Å²) in [5.74, 6) is 5.61. The number of carboxylic acids is 7. The zero-order chi connectivity index (χ0) is 93.0. The molecule has 0 atom stereocenters. The molecule has 0 amide bonds. The lowest BCUT2D eigenvalue weighted by molar-refractivity contribution is -0.138. The molecule has 7 rings (SSSR count). The number of rotatable bonds is 60. The molecule has 0 fully saturated rings. The van der Waals surface area contributed by atoms with Gasteiger partial charge in [-0.2, -0.15) is 0 Å². The van der Waals surface area contributed by atoms with Crippen molar-refractivity contribution in [1.82, 2.24) is 0 Å². The van der Waals surface area contributed by atoms with Crippen molar-refractivity contribution >= 4 is 124 Å². The van der Waals surface area contributed by atoms with Crippen LogP contribution in [0.4, 0.5) is 0 Å². The quantitative estimate of drug-likeness (QED) is 0.0130. The number of thioether (sulfide) groups is 7. The lowest BCUT2D eigenvalue weighted by atomic mass is 10.1. The lowest BCUT2D eigenvalue weighted by Crippen LogP contribution is -1.95. The van der Waals surface area contributed by atoms with E-state index in [9.17, 15) is 38.7 Å². The van der Waals surface area contributed by atoms with Crippen LogP contribution in [0.3, 0.4) is 0 Å². The molecular weight excluding hydrogens is 1730 g/mol. The van der Waals surface area contributed by atoms with Crippen molar-refractivity contribution in [3.05, 3.63) is 185 Å². The average Bonchev–Trinajstić information content (AvgIpc) is 0.790. The Kier molecular flexibility index (Phi) is 72.6. The zero-order valence-electron chi connectivity index (χ0n) is 76.4. The number of phenolic OH excluding ortho intramolecular Hbond substituents is 1. The molecule has 126 heavy (non-hydrogen) atoms. The van der Waals surface area contributed by atoms with Crippen molar-refractivity contribution in [2.45, 2.75) is 307 Å². The van der Waals surface area contributed by atoms with E-state index in [1.807, 2.05) is 126 Å². The van der Waals surface area contributed by atoms with Crippen molar-refractivity contribution in [2.24, 2.45) is 0 Å². The van der Waals surface area contributed by atoms with Crippen LogP contribution in [0.1, 0.15) is 265 Å². The van der Waals surface area contributed by atoms with E-state index in [4.69, 9.17) is 50.0 Å². The molecule has 8 N–H and O–H groups in total. The smallest absolute Gasteiger partial charge is 0.303 e. The molecule has 0 spiro atoms. The number of para-hydroxylation sites is 4. The Bertz CT molecular complexity index is 4070. The van der Waals surface area contributed by atoms with Gasteiger partial charge < -0.3 is 55.1 Å². The maximum atomic E-state index is 10.4. The number of aliphatic carboxylic acids is 7. The monoisotopic (exact) mass is 1870 g/mol. The number of benzene rings is 7. The van der Waals surface area contributed by atoms with Gasteiger partial charge in [-0.25, -0.2) is 0 Å². The standard InChI is InChI=1S/C17H26O3S.C16H24O2S.C15H22O3S.C14H20O3S.C14H20O2S.C13H18O3S.C12H16O2S/c1-20-15-11-8-9-12-16(15)21-14-10-6-4-2-3-5-7-13-17(18)19;1-13-9-10-14(2)15(12-13)19-11-7-5-3-4-6-8-16(17)18;1-18-13-9-6-7-10-14(13)19-12-8-4-2-3-5-11-15(16)17;15-12-8-5-6-9-13(12)18-11-7-3-1-2-4-10-14(16)17;1-11-7-8-12(2)13(10-11)17-9-5-3-4-6-14(15)16;1-16-11-7-4-5-8-12(11)17-10-6-2-3-9-13(14)15;1-9-5-6-10(2)11(8-9)15-7-3-4-12(13)14/h8-9,11-12H,2-7,10,13-14H2,1H3,(H,18,19);9-10,12H,3-8,11H2,1-2H3,(H,17,18);6-7,9-10H,2-5,8,11-12H2,1H3,(H,16,17);5-6,8-9,15H,1-4,7,10-11H2,(H,16,17);7-8,10H,3-6,9H2,1-2H3,(H,15,16);4-5,7-8H,2-3,6,9-10H2,1H3,(H,14,15);5-6,8H,3-4,7H2,1-2H3,(H,13,14). The van der Waals surface area contributed by atoms with Crippen LogP contribution in [0.25, 0.3) is 0 Å². The summed E-state index contributed by atoms with van der Waals surface area (Å²) in [4.78, 5) is 80.8. The third-order valence-electron chi connectivity index (χ3n) is 19.2. The molecule has 0 bridgehead atoms. The highest BCUT2D eigenvalue weighted by Gasteiger charge is 2.10. The summed E-state index contributed by atoms with van der Waals surface area (Å²) in [6, 6.07) is 51.0. The van der Waals surface area contributed by atoms with Gasteiger partial charge in [0.15, 0.2) is 0 Å². The van der Waals surface area contributed by atoms with E-state index in [2.05, 4.69) is 108 Å². The summed E-state index contributed by atoms with van der Waals surface area (Å²) in [5.41, 5.74) is 7.82. The van der Waals surface area contributed by atoms with Gasteiger partial charge in [-0.3, -0.25) is 33.6 Å². The van der Waals surface area contributed by atoms with Gasteiger partial charge in [-0.15, -0.1) is 82.3 Å². The Balaban J connectivity index is 0.000000736. The molecule has 0 aromatic heterocycles. The highest BCUT2D eigenvalue weighted by molar-refractivity contribution is 8.00. The third-order valence-corrected chi connectivity index (χ3v) is 27.5. The Hall–Kier alpha value is -7.52. The topological polar surface area (TPSA) is 309 Å². The first kappa shape index (κ1) is 116. The normalized spacial score (nSPS) is 10.4. The van der Waals surface area contributed by atoms with E-state index in [1.54, 1.807) is 62.7 Å². The predicted octanol–water partition coefficient (Wildman–Crippen LogP) is 28.7. The molecule has 18 nitrogen and oxygen atoms in total. The van der Waals surface area contributed by atoms with E-state index in [-0.39, 0.29) is 19.3 Å². The van der Waals surface area contributed by atoms with Crippen LogP contribution >= 0.6 is 82.3 Å². The molecule has 7 aromatic carbocycles. The minimum absolute atomic E-state index is 0.262. The van der Waals surface area contributed by atoms with Gasteiger partial charge in [0, 0.05) is 79.2 Å². The van der Waals surface area contributed by atoms with Crippen LogP contribution in [-0.4, -0.2) is 144 Å². The molecule has 0 saturated carbocycles. The van der Waals surface area contributed by atoms with Gasteiger partial charge in [-0.05, 0) is 249 Å². The molecule has 0 aliphatic rings. The van der Waals surface area contributed by atoms with Crippen molar-refractivity contribution in [1.29, 1.82) is 0 Å². The van der Waals surface area contributed by atoms with Crippen molar-refractivity contribution < 1.29 is 88.6 Å². The van der Waals surface area contributed by atoms with Crippen LogP contribution < -0.4 is 14.2 Å².